The molecule has 7 heteroatoms. The summed E-state index contributed by atoms with van der Waals surface area (Å²) in [5, 5.41) is 11.1. The van der Waals surface area contributed by atoms with E-state index in [-0.39, 0.29) is 5.56 Å². The van der Waals surface area contributed by atoms with E-state index in [1.54, 1.807) is 4.57 Å². The van der Waals surface area contributed by atoms with Crippen LogP contribution in [0.1, 0.15) is 11.1 Å². The fourth-order valence-corrected chi connectivity index (χ4v) is 5.10. The number of pyridine rings is 1. The molecule has 33 heavy (non-hydrogen) atoms. The van der Waals surface area contributed by atoms with Crippen LogP contribution in [0.15, 0.2) is 41.2 Å². The summed E-state index contributed by atoms with van der Waals surface area (Å²) in [5.74, 6) is 0. The standard InChI is InChI=1S/C26H30N6O/c1-18-14-20-21(30(4)26(18)33)6-5-7-22(20)32-13-10-29(3)24-16-23(19(17-27)15-25(24)32)31-11-8-28(2)9-12-31/h5-7,14-16H,8-13H2,1-4H3. The molecule has 0 bridgehead atoms. The van der Waals surface area contributed by atoms with Crippen molar-refractivity contribution >= 4 is 33.7 Å². The quantitative estimate of drug-likeness (QED) is 0.608. The maximum Gasteiger partial charge on any atom is 0.253 e. The molecule has 2 aromatic carbocycles. The van der Waals surface area contributed by atoms with Crippen LogP contribution >= 0.6 is 0 Å². The second-order valence-electron chi connectivity index (χ2n) is 9.23. The van der Waals surface area contributed by atoms with E-state index in [2.05, 4.69) is 51.9 Å². The second-order valence-corrected chi connectivity index (χ2v) is 9.23. The van der Waals surface area contributed by atoms with Gasteiger partial charge in [0.05, 0.1) is 33.8 Å². The van der Waals surface area contributed by atoms with E-state index in [4.69, 9.17) is 0 Å². The van der Waals surface area contributed by atoms with Crippen molar-refractivity contribution in [2.75, 3.05) is 68.1 Å². The zero-order chi connectivity index (χ0) is 23.3. The number of aromatic nitrogens is 1. The van der Waals surface area contributed by atoms with E-state index in [1.165, 1.54) is 0 Å². The molecule has 3 heterocycles. The number of hydrogen-bond donors (Lipinski definition) is 0. The molecular formula is C26H30N6O. The number of likely N-dealkylation sites (N-methyl/N-ethyl adjacent to an activating group) is 2. The molecule has 0 N–H and O–H groups in total. The van der Waals surface area contributed by atoms with Crippen LogP contribution < -0.4 is 20.3 Å². The van der Waals surface area contributed by atoms with Crippen molar-refractivity contribution in [3.05, 3.63) is 57.9 Å². The first-order valence-electron chi connectivity index (χ1n) is 11.5. The van der Waals surface area contributed by atoms with Gasteiger partial charge in [0.1, 0.15) is 6.07 Å². The van der Waals surface area contributed by atoms with E-state index >= 15 is 0 Å². The van der Waals surface area contributed by atoms with Crippen LogP contribution in [0.4, 0.5) is 22.7 Å². The molecule has 2 aliphatic rings. The summed E-state index contributed by atoms with van der Waals surface area (Å²) in [6, 6.07) is 14.8. The fraction of sp³-hybridized carbons (Fsp3) is 0.385. The van der Waals surface area contributed by atoms with Gasteiger partial charge in [-0.15, -0.1) is 0 Å². The second kappa shape index (κ2) is 8.13. The first kappa shape index (κ1) is 21.4. The lowest BCUT2D eigenvalue weighted by Crippen LogP contribution is -2.45. The molecule has 170 valence electrons. The predicted octanol–water partition coefficient (Wildman–Crippen LogP) is 3.06. The summed E-state index contributed by atoms with van der Waals surface area (Å²) in [4.78, 5) is 21.7. The average molecular weight is 443 g/mol. The Balaban J connectivity index is 1.66. The van der Waals surface area contributed by atoms with Crippen LogP contribution in [0.25, 0.3) is 10.9 Å². The van der Waals surface area contributed by atoms with Crippen molar-refractivity contribution in [2.24, 2.45) is 7.05 Å². The summed E-state index contributed by atoms with van der Waals surface area (Å²) in [7, 11) is 6.09. The molecule has 0 radical (unpaired) electrons. The minimum absolute atomic E-state index is 0.0296. The van der Waals surface area contributed by atoms with E-state index < -0.39 is 0 Å². The molecule has 0 aliphatic carbocycles. The highest BCUT2D eigenvalue weighted by molar-refractivity contribution is 5.97. The molecule has 0 unspecified atom stereocenters. The zero-order valence-corrected chi connectivity index (χ0v) is 19.8. The first-order valence-corrected chi connectivity index (χ1v) is 11.5. The molecule has 3 aromatic rings. The topological polar surface area (TPSA) is 58.8 Å². The highest BCUT2D eigenvalue weighted by atomic mass is 16.1. The van der Waals surface area contributed by atoms with Gasteiger partial charge in [-0.2, -0.15) is 5.26 Å². The molecule has 2 aliphatic heterocycles. The van der Waals surface area contributed by atoms with Crippen LogP contribution in [-0.2, 0) is 7.05 Å². The number of piperazine rings is 1. The van der Waals surface area contributed by atoms with Crippen LogP contribution in [0.3, 0.4) is 0 Å². The zero-order valence-electron chi connectivity index (χ0n) is 19.8. The summed E-state index contributed by atoms with van der Waals surface area (Å²) in [6.45, 7) is 7.40. The van der Waals surface area contributed by atoms with Gasteiger partial charge in [0.2, 0.25) is 0 Å². The van der Waals surface area contributed by atoms with E-state index in [9.17, 15) is 10.1 Å². The molecule has 7 nitrogen and oxygen atoms in total. The number of aryl methyl sites for hydroxylation is 2. The number of rotatable bonds is 2. The van der Waals surface area contributed by atoms with Gasteiger partial charge in [-0.25, -0.2) is 0 Å². The molecule has 1 saturated heterocycles. The predicted molar refractivity (Wildman–Crippen MR) is 135 cm³/mol. The van der Waals surface area contributed by atoms with Crippen molar-refractivity contribution in [3.8, 4) is 6.07 Å². The Morgan fingerprint density at radius 3 is 2.33 bits per heavy atom. The van der Waals surface area contributed by atoms with Crippen molar-refractivity contribution in [2.45, 2.75) is 6.92 Å². The molecule has 1 aromatic heterocycles. The van der Waals surface area contributed by atoms with Crippen LogP contribution in [0, 0.1) is 18.3 Å². The number of nitrogens with zero attached hydrogens (tertiary/aromatic N) is 6. The Labute approximate surface area is 194 Å². The third kappa shape index (κ3) is 3.51. The molecule has 0 amide bonds. The van der Waals surface area contributed by atoms with Gasteiger partial charge < -0.3 is 24.2 Å². The first-order chi connectivity index (χ1) is 15.9. The highest BCUT2D eigenvalue weighted by Crippen LogP contribution is 2.43. The van der Waals surface area contributed by atoms with Gasteiger partial charge in [0.25, 0.3) is 5.56 Å². The lowest BCUT2D eigenvalue weighted by atomic mass is 10.0. The van der Waals surface area contributed by atoms with Gasteiger partial charge in [0.15, 0.2) is 0 Å². The van der Waals surface area contributed by atoms with Crippen molar-refractivity contribution in [3.63, 3.8) is 0 Å². The van der Waals surface area contributed by atoms with Gasteiger partial charge in [-0.05, 0) is 44.3 Å². The molecule has 5 rings (SSSR count). The monoisotopic (exact) mass is 442 g/mol. The molecule has 0 atom stereocenters. The Morgan fingerprint density at radius 1 is 0.848 bits per heavy atom. The number of anilines is 4. The number of fused-ring (bicyclic) bond motifs is 2. The molecule has 1 fully saturated rings. The SMILES string of the molecule is Cc1cc2c(N3CCN(C)c4cc(N5CCN(C)CC5)c(C#N)cc43)cccc2n(C)c1=O. The maximum atomic E-state index is 12.5. The van der Waals surface area contributed by atoms with Crippen molar-refractivity contribution < 1.29 is 0 Å². The van der Waals surface area contributed by atoms with Gasteiger partial charge in [-0.1, -0.05) is 6.07 Å². The van der Waals surface area contributed by atoms with Crippen molar-refractivity contribution in [1.29, 1.82) is 5.26 Å². The van der Waals surface area contributed by atoms with Crippen LogP contribution in [0.2, 0.25) is 0 Å². The van der Waals surface area contributed by atoms with Gasteiger partial charge >= 0.3 is 0 Å². The van der Waals surface area contributed by atoms with E-state index in [1.807, 2.05) is 38.2 Å². The molecule has 0 saturated carbocycles. The van der Waals surface area contributed by atoms with E-state index in [0.29, 0.717) is 5.56 Å². The van der Waals surface area contributed by atoms with Gasteiger partial charge in [-0.3, -0.25) is 4.79 Å². The molecular weight excluding hydrogens is 412 g/mol. The lowest BCUT2D eigenvalue weighted by Gasteiger charge is -2.40. The smallest absolute Gasteiger partial charge is 0.253 e. The number of benzene rings is 2. The normalized spacial score (nSPS) is 16.8. The lowest BCUT2D eigenvalue weighted by molar-refractivity contribution is 0.313. The summed E-state index contributed by atoms with van der Waals surface area (Å²) in [5.41, 5.74) is 6.65. The third-order valence-electron chi connectivity index (χ3n) is 7.13. The number of nitriles is 1. The number of hydrogen-bond acceptors (Lipinski definition) is 6. The Kier molecular flexibility index (Phi) is 5.26. The van der Waals surface area contributed by atoms with Crippen LogP contribution in [-0.4, -0.2) is 62.8 Å². The van der Waals surface area contributed by atoms with Gasteiger partial charge in [0, 0.05) is 64.3 Å². The Hall–Kier alpha value is -3.50. The average Bonchev–Trinajstić information content (AvgIpc) is 2.83. The maximum absolute atomic E-state index is 12.5. The highest BCUT2D eigenvalue weighted by Gasteiger charge is 2.27. The van der Waals surface area contributed by atoms with Crippen molar-refractivity contribution in [1.82, 2.24) is 9.47 Å². The summed E-state index contributed by atoms with van der Waals surface area (Å²) < 4.78 is 1.72. The largest absolute Gasteiger partial charge is 0.371 e. The van der Waals surface area contributed by atoms with Crippen LogP contribution in [0.5, 0.6) is 0 Å². The fourth-order valence-electron chi connectivity index (χ4n) is 5.10. The summed E-state index contributed by atoms with van der Waals surface area (Å²) in [6.07, 6.45) is 0. The third-order valence-corrected chi connectivity index (χ3v) is 7.13. The summed E-state index contributed by atoms with van der Waals surface area (Å²) >= 11 is 0. The minimum atomic E-state index is 0.0296. The minimum Gasteiger partial charge on any atom is -0.371 e. The van der Waals surface area contributed by atoms with E-state index in [0.717, 1.165) is 78.5 Å². The Morgan fingerprint density at radius 2 is 1.61 bits per heavy atom. The molecule has 0 spiro atoms. The Bertz CT molecular complexity index is 1330.